The molecule has 0 radical (unpaired) electrons. The Labute approximate surface area is 111 Å². The normalized spacial score (nSPS) is 10.3. The van der Waals surface area contributed by atoms with Gasteiger partial charge < -0.3 is 5.32 Å². The maximum atomic E-state index is 13.5. The molecule has 7 heteroatoms. The molecule has 0 atom stereocenters. The molecule has 0 amide bonds. The zero-order valence-electron chi connectivity index (χ0n) is 9.36. The van der Waals surface area contributed by atoms with Crippen molar-refractivity contribution in [2.75, 3.05) is 5.32 Å². The van der Waals surface area contributed by atoms with Crippen molar-refractivity contribution in [3.05, 3.63) is 63.2 Å². The number of anilines is 2. The van der Waals surface area contributed by atoms with Crippen LogP contribution in [0.5, 0.6) is 0 Å². The highest BCUT2D eigenvalue weighted by molar-refractivity contribution is 6.33. The molecule has 4 nitrogen and oxygen atoms in total. The number of nitro benzene ring substituents is 1. The van der Waals surface area contributed by atoms with Gasteiger partial charge >= 0.3 is 5.69 Å². The number of halogens is 3. The summed E-state index contributed by atoms with van der Waals surface area (Å²) in [7, 11) is 0. The molecule has 0 spiro atoms. The van der Waals surface area contributed by atoms with E-state index in [1.807, 2.05) is 0 Å². The third kappa shape index (κ3) is 2.63. The predicted octanol–water partition coefficient (Wildman–Crippen LogP) is 4.27. The van der Waals surface area contributed by atoms with Gasteiger partial charge in [-0.25, -0.2) is 8.78 Å². The third-order valence-corrected chi connectivity index (χ3v) is 2.70. The number of rotatable bonds is 3. The highest BCUT2D eigenvalue weighted by Crippen LogP contribution is 2.34. The first-order chi connectivity index (χ1) is 9.00. The molecule has 2 aromatic rings. The van der Waals surface area contributed by atoms with Crippen LogP contribution in [0.3, 0.4) is 0 Å². The van der Waals surface area contributed by atoms with Crippen LogP contribution >= 0.6 is 11.6 Å². The molecule has 0 unspecified atom stereocenters. The summed E-state index contributed by atoms with van der Waals surface area (Å²) in [4.78, 5) is 10.2. The monoisotopic (exact) mass is 284 g/mol. The Morgan fingerprint density at radius 1 is 1.11 bits per heavy atom. The molecule has 0 heterocycles. The quantitative estimate of drug-likeness (QED) is 0.676. The fourth-order valence-corrected chi connectivity index (χ4v) is 1.79. The van der Waals surface area contributed by atoms with Crippen LogP contribution in [0.25, 0.3) is 0 Å². The van der Waals surface area contributed by atoms with E-state index in [4.69, 9.17) is 11.6 Å². The summed E-state index contributed by atoms with van der Waals surface area (Å²) < 4.78 is 26.5. The molecule has 0 aliphatic rings. The first-order valence-corrected chi connectivity index (χ1v) is 5.52. The summed E-state index contributed by atoms with van der Waals surface area (Å²) in [5.74, 6) is -2.16. The van der Waals surface area contributed by atoms with Gasteiger partial charge in [-0.05, 0) is 24.3 Å². The van der Waals surface area contributed by atoms with E-state index in [1.54, 1.807) is 0 Å². The average molecular weight is 285 g/mol. The molecular formula is C12H7ClF2N2O2. The number of nitrogens with one attached hydrogen (secondary N) is 1. The van der Waals surface area contributed by atoms with Crippen LogP contribution in [0.4, 0.5) is 25.8 Å². The lowest BCUT2D eigenvalue weighted by Crippen LogP contribution is -2.00. The van der Waals surface area contributed by atoms with Crippen LogP contribution in [0.1, 0.15) is 0 Å². The van der Waals surface area contributed by atoms with Crippen molar-refractivity contribution >= 4 is 28.7 Å². The van der Waals surface area contributed by atoms with Crippen LogP contribution in [-0.2, 0) is 0 Å². The van der Waals surface area contributed by atoms with Crippen molar-refractivity contribution in [2.45, 2.75) is 0 Å². The van der Waals surface area contributed by atoms with Crippen molar-refractivity contribution in [3.8, 4) is 0 Å². The summed E-state index contributed by atoms with van der Waals surface area (Å²) in [5, 5.41) is 13.3. The largest absolute Gasteiger partial charge is 0.347 e. The molecule has 98 valence electrons. The van der Waals surface area contributed by atoms with Gasteiger partial charge in [-0.1, -0.05) is 23.7 Å². The number of hydrogen-bond donors (Lipinski definition) is 1. The topological polar surface area (TPSA) is 55.2 Å². The van der Waals surface area contributed by atoms with E-state index in [0.717, 1.165) is 6.07 Å². The molecule has 0 fully saturated rings. The van der Waals surface area contributed by atoms with E-state index < -0.39 is 22.2 Å². The maximum absolute atomic E-state index is 13.5. The molecular weight excluding hydrogens is 278 g/mol. The lowest BCUT2D eigenvalue weighted by molar-refractivity contribution is -0.383. The summed E-state index contributed by atoms with van der Waals surface area (Å²) in [6.45, 7) is 0. The minimum Gasteiger partial charge on any atom is -0.347 e. The smallest absolute Gasteiger partial charge is 0.311 e. The van der Waals surface area contributed by atoms with Gasteiger partial charge in [-0.3, -0.25) is 10.1 Å². The average Bonchev–Trinajstić information content (AvgIpc) is 2.34. The second kappa shape index (κ2) is 5.19. The number of benzene rings is 2. The maximum Gasteiger partial charge on any atom is 0.311 e. The van der Waals surface area contributed by atoms with Gasteiger partial charge in [0, 0.05) is 0 Å². The first kappa shape index (κ1) is 13.2. The van der Waals surface area contributed by atoms with E-state index >= 15 is 0 Å². The number of hydrogen-bond acceptors (Lipinski definition) is 3. The van der Waals surface area contributed by atoms with Gasteiger partial charge in [0.1, 0.15) is 10.7 Å². The lowest BCUT2D eigenvalue weighted by atomic mass is 10.2. The highest BCUT2D eigenvalue weighted by Gasteiger charge is 2.19. The minimum absolute atomic E-state index is 0.0120. The molecule has 0 aliphatic carbocycles. The van der Waals surface area contributed by atoms with Crippen LogP contribution in [0.15, 0.2) is 36.4 Å². The molecule has 0 saturated carbocycles. The number of nitro groups is 1. The zero-order chi connectivity index (χ0) is 14.0. The van der Waals surface area contributed by atoms with Crippen LogP contribution < -0.4 is 5.32 Å². The fourth-order valence-electron chi connectivity index (χ4n) is 1.55. The van der Waals surface area contributed by atoms with Crippen LogP contribution in [-0.4, -0.2) is 4.92 Å². The summed E-state index contributed by atoms with van der Waals surface area (Å²) in [6, 6.07) is 7.67. The molecule has 1 N–H and O–H groups in total. The Kier molecular flexibility index (Phi) is 3.62. The van der Waals surface area contributed by atoms with Gasteiger partial charge in [0.2, 0.25) is 0 Å². The van der Waals surface area contributed by atoms with Crippen molar-refractivity contribution in [1.82, 2.24) is 0 Å². The van der Waals surface area contributed by atoms with E-state index in [9.17, 15) is 18.9 Å². The molecule has 0 aliphatic heterocycles. The van der Waals surface area contributed by atoms with Gasteiger partial charge in [-0.15, -0.1) is 0 Å². The highest BCUT2D eigenvalue weighted by atomic mass is 35.5. The van der Waals surface area contributed by atoms with E-state index in [2.05, 4.69) is 5.32 Å². The molecule has 0 bridgehead atoms. The van der Waals surface area contributed by atoms with Gasteiger partial charge in [0.15, 0.2) is 11.6 Å². The predicted molar refractivity (Wildman–Crippen MR) is 67.7 cm³/mol. The molecule has 0 saturated heterocycles. The first-order valence-electron chi connectivity index (χ1n) is 5.14. The third-order valence-electron chi connectivity index (χ3n) is 2.39. The molecule has 0 aromatic heterocycles. The standard InChI is InChI=1S/C12H7ClF2N2O2/c13-7-3-1-6-10(12(7)17(18)19)16-9-5-2-4-8(14)11(9)15/h1-6,16H. The Hall–Kier alpha value is -2.21. The molecule has 19 heavy (non-hydrogen) atoms. The second-order valence-electron chi connectivity index (χ2n) is 3.62. The van der Waals surface area contributed by atoms with E-state index in [-0.39, 0.29) is 16.4 Å². The number of nitrogens with zero attached hydrogens (tertiary/aromatic N) is 1. The van der Waals surface area contributed by atoms with Crippen LogP contribution in [0.2, 0.25) is 5.02 Å². The molecule has 2 rings (SSSR count). The Morgan fingerprint density at radius 3 is 2.42 bits per heavy atom. The van der Waals surface area contributed by atoms with Gasteiger partial charge in [0.25, 0.3) is 0 Å². The Morgan fingerprint density at radius 2 is 1.74 bits per heavy atom. The summed E-state index contributed by atoms with van der Waals surface area (Å²) in [6.07, 6.45) is 0. The van der Waals surface area contributed by atoms with Crippen molar-refractivity contribution in [3.63, 3.8) is 0 Å². The van der Waals surface area contributed by atoms with Gasteiger partial charge in [0.05, 0.1) is 10.6 Å². The Balaban J connectivity index is 2.47. The van der Waals surface area contributed by atoms with Crippen molar-refractivity contribution in [2.24, 2.45) is 0 Å². The zero-order valence-corrected chi connectivity index (χ0v) is 10.1. The van der Waals surface area contributed by atoms with E-state index in [1.165, 1.54) is 30.3 Å². The second-order valence-corrected chi connectivity index (χ2v) is 4.03. The molecule has 2 aromatic carbocycles. The fraction of sp³-hybridized carbons (Fsp3) is 0. The van der Waals surface area contributed by atoms with Gasteiger partial charge in [-0.2, -0.15) is 0 Å². The van der Waals surface area contributed by atoms with Crippen LogP contribution in [0, 0.1) is 21.7 Å². The van der Waals surface area contributed by atoms with Crippen molar-refractivity contribution < 1.29 is 13.7 Å². The summed E-state index contributed by atoms with van der Waals surface area (Å²) in [5.41, 5.74) is -0.611. The number of para-hydroxylation sites is 1. The summed E-state index contributed by atoms with van der Waals surface area (Å²) >= 11 is 5.71. The minimum atomic E-state index is -1.11. The van der Waals surface area contributed by atoms with Crippen molar-refractivity contribution in [1.29, 1.82) is 0 Å². The SMILES string of the molecule is O=[N+]([O-])c1c(Cl)cccc1Nc1cccc(F)c1F. The Bertz CT molecular complexity index is 650. The van der Waals surface area contributed by atoms with E-state index in [0.29, 0.717) is 0 Å². The lowest BCUT2D eigenvalue weighted by Gasteiger charge is -2.09.